The lowest BCUT2D eigenvalue weighted by Gasteiger charge is -2.34. The van der Waals surface area contributed by atoms with Crippen molar-refractivity contribution in [2.24, 2.45) is 5.73 Å². The predicted molar refractivity (Wildman–Crippen MR) is 91.6 cm³/mol. The summed E-state index contributed by atoms with van der Waals surface area (Å²) in [4.78, 5) is 20.6. The maximum absolute atomic E-state index is 13.3. The van der Waals surface area contributed by atoms with Gasteiger partial charge >= 0.3 is 6.18 Å². The number of para-hydroxylation sites is 3. The van der Waals surface area contributed by atoms with Crippen LogP contribution in [0, 0.1) is 0 Å². The van der Waals surface area contributed by atoms with Crippen LogP contribution >= 0.6 is 0 Å². The van der Waals surface area contributed by atoms with Crippen molar-refractivity contribution in [3.05, 3.63) is 54.4 Å². The molecule has 0 unspecified atom stereocenters. The van der Waals surface area contributed by atoms with Crippen LogP contribution in [0.1, 0.15) is 5.82 Å². The minimum absolute atomic E-state index is 0.0370. The molecule has 1 amide bonds. The molecule has 3 aromatic rings. The molecule has 1 atom stereocenters. The van der Waals surface area contributed by atoms with E-state index < -0.39 is 24.0 Å². The zero-order chi connectivity index (χ0) is 19.2. The molecule has 0 spiro atoms. The summed E-state index contributed by atoms with van der Waals surface area (Å²) >= 11 is 0. The van der Waals surface area contributed by atoms with Gasteiger partial charge in [-0.2, -0.15) is 13.2 Å². The van der Waals surface area contributed by atoms with E-state index in [1.807, 2.05) is 0 Å². The molecule has 0 saturated carbocycles. The summed E-state index contributed by atoms with van der Waals surface area (Å²) < 4.78 is 45.5. The zero-order valence-electron chi connectivity index (χ0n) is 13.8. The summed E-state index contributed by atoms with van der Waals surface area (Å²) in [6.45, 7) is -0.0648. The highest BCUT2D eigenvalue weighted by Crippen LogP contribution is 2.40. The molecule has 0 saturated heterocycles. The molecule has 2 aromatic carbocycles. The number of anilines is 2. The molecule has 0 bridgehead atoms. The topological polar surface area (TPSA) is 81.3 Å². The number of nitrogens with two attached hydrogens (primary N) is 1. The van der Waals surface area contributed by atoms with Crippen LogP contribution < -0.4 is 15.4 Å². The molecule has 2 heterocycles. The van der Waals surface area contributed by atoms with Crippen molar-refractivity contribution >= 4 is 28.3 Å². The maximum atomic E-state index is 13.3. The molecule has 1 aliphatic rings. The van der Waals surface area contributed by atoms with E-state index in [4.69, 9.17) is 10.5 Å². The summed E-state index contributed by atoms with van der Waals surface area (Å²) in [6, 6.07) is 13.1. The lowest BCUT2D eigenvalue weighted by molar-refractivity contribution is -0.144. The number of hydrogen-bond acceptors (Lipinski definition) is 5. The number of alkyl halides is 3. The van der Waals surface area contributed by atoms with E-state index in [-0.39, 0.29) is 17.9 Å². The fourth-order valence-electron chi connectivity index (χ4n) is 2.98. The number of amides is 1. The number of aromatic nitrogens is 2. The average Bonchev–Trinajstić information content (AvgIpc) is 2.65. The molecule has 0 fully saturated rings. The Kier molecular flexibility index (Phi) is 3.87. The quantitative estimate of drug-likeness (QED) is 0.746. The second-order valence-electron chi connectivity index (χ2n) is 5.97. The first-order valence-corrected chi connectivity index (χ1v) is 8.01. The Morgan fingerprint density at radius 3 is 2.56 bits per heavy atom. The number of rotatable bonds is 2. The molecule has 2 N–H and O–H groups in total. The van der Waals surface area contributed by atoms with Gasteiger partial charge in [0.1, 0.15) is 11.6 Å². The Hall–Kier alpha value is -3.36. The van der Waals surface area contributed by atoms with E-state index in [1.54, 1.807) is 42.5 Å². The monoisotopic (exact) mass is 374 g/mol. The summed E-state index contributed by atoms with van der Waals surface area (Å²) in [5.41, 5.74) is 6.01. The van der Waals surface area contributed by atoms with Gasteiger partial charge in [-0.1, -0.05) is 24.3 Å². The van der Waals surface area contributed by atoms with Crippen LogP contribution in [0.4, 0.5) is 24.7 Å². The molecule has 1 aromatic heterocycles. The van der Waals surface area contributed by atoms with Gasteiger partial charge in [0.05, 0.1) is 17.7 Å². The van der Waals surface area contributed by atoms with Crippen LogP contribution in [0.5, 0.6) is 5.75 Å². The van der Waals surface area contributed by atoms with Gasteiger partial charge in [-0.3, -0.25) is 4.79 Å². The minimum atomic E-state index is -4.71. The van der Waals surface area contributed by atoms with Crippen molar-refractivity contribution in [1.29, 1.82) is 0 Å². The highest BCUT2D eigenvalue weighted by Gasteiger charge is 2.38. The van der Waals surface area contributed by atoms with Gasteiger partial charge in [0.25, 0.3) is 5.91 Å². The number of hydrogen-bond donors (Lipinski definition) is 1. The largest absolute Gasteiger partial charge is 0.477 e. The van der Waals surface area contributed by atoms with Crippen LogP contribution in [0.3, 0.4) is 0 Å². The van der Waals surface area contributed by atoms with E-state index in [9.17, 15) is 18.0 Å². The van der Waals surface area contributed by atoms with Crippen molar-refractivity contribution in [3.8, 4) is 5.75 Å². The van der Waals surface area contributed by atoms with Crippen LogP contribution in [0.25, 0.3) is 10.9 Å². The van der Waals surface area contributed by atoms with Crippen molar-refractivity contribution in [2.75, 3.05) is 11.4 Å². The lowest BCUT2D eigenvalue weighted by atomic mass is 10.1. The van der Waals surface area contributed by atoms with Gasteiger partial charge in [-0.25, -0.2) is 9.97 Å². The summed E-state index contributed by atoms with van der Waals surface area (Å²) in [7, 11) is 0. The molecule has 0 aliphatic carbocycles. The van der Waals surface area contributed by atoms with Crippen molar-refractivity contribution in [1.82, 2.24) is 9.97 Å². The van der Waals surface area contributed by atoms with E-state index in [1.165, 1.54) is 11.0 Å². The second kappa shape index (κ2) is 6.11. The Morgan fingerprint density at radius 1 is 1.11 bits per heavy atom. The number of fused-ring (bicyclic) bond motifs is 2. The molecule has 6 nitrogen and oxygen atoms in total. The number of nitrogens with zero attached hydrogens (tertiary/aromatic N) is 3. The molecule has 9 heteroatoms. The van der Waals surface area contributed by atoms with Gasteiger partial charge in [-0.15, -0.1) is 0 Å². The first-order chi connectivity index (χ1) is 12.8. The van der Waals surface area contributed by atoms with Crippen molar-refractivity contribution in [3.63, 3.8) is 0 Å². The Bertz CT molecular complexity index is 1040. The third-order valence-corrected chi connectivity index (χ3v) is 4.18. The van der Waals surface area contributed by atoms with Gasteiger partial charge < -0.3 is 15.4 Å². The maximum Gasteiger partial charge on any atom is 0.451 e. The van der Waals surface area contributed by atoms with Gasteiger partial charge in [-0.05, 0) is 24.3 Å². The Labute approximate surface area is 151 Å². The second-order valence-corrected chi connectivity index (χ2v) is 5.97. The van der Waals surface area contributed by atoms with Gasteiger partial charge in [0.2, 0.25) is 5.82 Å². The van der Waals surface area contributed by atoms with Crippen molar-refractivity contribution < 1.29 is 22.7 Å². The van der Waals surface area contributed by atoms with Crippen LogP contribution in [0.2, 0.25) is 0 Å². The third kappa shape index (κ3) is 3.01. The first kappa shape index (κ1) is 17.1. The summed E-state index contributed by atoms with van der Waals surface area (Å²) in [5.74, 6) is -1.60. The van der Waals surface area contributed by atoms with Crippen molar-refractivity contribution in [2.45, 2.75) is 12.3 Å². The molecule has 0 radical (unpaired) electrons. The van der Waals surface area contributed by atoms with E-state index in [0.717, 1.165) is 0 Å². The minimum Gasteiger partial charge on any atom is -0.477 e. The van der Waals surface area contributed by atoms with E-state index in [0.29, 0.717) is 16.8 Å². The Morgan fingerprint density at radius 2 is 1.81 bits per heavy atom. The summed E-state index contributed by atoms with van der Waals surface area (Å²) in [6.07, 6.45) is -5.74. The smallest absolute Gasteiger partial charge is 0.451 e. The van der Waals surface area contributed by atoms with Crippen LogP contribution in [0.15, 0.2) is 48.5 Å². The number of primary amides is 1. The zero-order valence-corrected chi connectivity index (χ0v) is 13.8. The highest BCUT2D eigenvalue weighted by molar-refractivity contribution is 5.93. The summed E-state index contributed by atoms with van der Waals surface area (Å²) in [5, 5.41) is 0.422. The standard InChI is InChI=1S/C18H13F3N4O2/c19-18(20,21)17-23-11-6-2-1-5-10(11)16(24-17)25-9-14(15(22)26)27-13-8-4-3-7-12(13)25/h1-8,14H,9H2,(H2,22,26)/t14-/m1/s1. The number of halogens is 3. The molecule has 4 rings (SSSR count). The molecular weight excluding hydrogens is 361 g/mol. The highest BCUT2D eigenvalue weighted by atomic mass is 19.4. The number of benzene rings is 2. The van der Waals surface area contributed by atoms with E-state index in [2.05, 4.69) is 9.97 Å². The number of carbonyl (C=O) groups is 1. The molecule has 27 heavy (non-hydrogen) atoms. The molecular formula is C18H13F3N4O2. The third-order valence-electron chi connectivity index (χ3n) is 4.18. The van der Waals surface area contributed by atoms with Crippen LogP contribution in [-0.2, 0) is 11.0 Å². The Balaban J connectivity index is 1.97. The predicted octanol–water partition coefficient (Wildman–Crippen LogP) is 3.03. The fraction of sp³-hybridized carbons (Fsp3) is 0.167. The number of ether oxygens (including phenoxy) is 1. The first-order valence-electron chi connectivity index (χ1n) is 8.01. The number of carbonyl (C=O) groups excluding carboxylic acids is 1. The van der Waals surface area contributed by atoms with Crippen LogP contribution in [-0.4, -0.2) is 28.5 Å². The van der Waals surface area contributed by atoms with Gasteiger partial charge in [0.15, 0.2) is 6.10 Å². The van der Waals surface area contributed by atoms with Gasteiger partial charge in [0, 0.05) is 5.39 Å². The SMILES string of the molecule is NC(=O)[C@H]1CN(c2nc(C(F)(F)F)nc3ccccc23)c2ccccc2O1. The lowest BCUT2D eigenvalue weighted by Crippen LogP contribution is -2.45. The van der Waals surface area contributed by atoms with E-state index >= 15 is 0 Å². The fourth-order valence-corrected chi connectivity index (χ4v) is 2.98. The molecule has 138 valence electrons. The normalized spacial score (nSPS) is 16.7. The average molecular weight is 374 g/mol. The molecule has 1 aliphatic heterocycles.